The van der Waals surface area contributed by atoms with Gasteiger partial charge in [0.15, 0.2) is 11.4 Å². The molecule has 1 fully saturated rings. The highest BCUT2D eigenvalue weighted by Gasteiger charge is 2.35. The first-order valence-corrected chi connectivity index (χ1v) is 10.3. The maximum absolute atomic E-state index is 12.0. The van der Waals surface area contributed by atoms with Crippen LogP contribution in [0.15, 0.2) is 24.4 Å². The number of H-pyrrole nitrogens is 1. The molecule has 2 aromatic rings. The zero-order valence-corrected chi connectivity index (χ0v) is 17.9. The van der Waals surface area contributed by atoms with Crippen molar-refractivity contribution in [3.05, 3.63) is 47.0 Å². The Labute approximate surface area is 176 Å². The quantitative estimate of drug-likeness (QED) is 0.562. The number of piperidine rings is 1. The Morgan fingerprint density at radius 1 is 1.37 bits per heavy atom. The molecule has 8 nitrogen and oxygen atoms in total. The number of esters is 1. The van der Waals surface area contributed by atoms with Crippen LogP contribution in [0.4, 0.5) is 0 Å². The number of aryl methyl sites for hydroxylation is 1. The van der Waals surface area contributed by atoms with Gasteiger partial charge in [-0.1, -0.05) is 13.0 Å². The van der Waals surface area contributed by atoms with Gasteiger partial charge in [0.1, 0.15) is 18.3 Å². The Morgan fingerprint density at radius 2 is 2.10 bits per heavy atom. The van der Waals surface area contributed by atoms with Gasteiger partial charge in [-0.15, -0.1) is 0 Å². The molecular formula is C22H31N3O5. The maximum atomic E-state index is 12.0. The zero-order chi connectivity index (χ0) is 21.7. The number of nitrogens with zero attached hydrogens (tertiary/aromatic N) is 2. The summed E-state index contributed by atoms with van der Waals surface area (Å²) in [5.74, 6) is -0.0452. The van der Waals surface area contributed by atoms with E-state index in [2.05, 4.69) is 14.9 Å². The first kappa shape index (κ1) is 22.3. The minimum atomic E-state index is -0.923. The molecule has 3 rings (SSSR count). The Bertz CT molecular complexity index is 844. The highest BCUT2D eigenvalue weighted by Crippen LogP contribution is 2.32. The third-order valence-electron chi connectivity index (χ3n) is 5.72. The number of methoxy groups -OCH3 is 1. The third-order valence-corrected chi connectivity index (χ3v) is 5.72. The lowest BCUT2D eigenvalue weighted by atomic mass is 9.87. The molecule has 0 saturated carbocycles. The van der Waals surface area contributed by atoms with Crippen LogP contribution < -0.4 is 4.74 Å². The molecule has 1 unspecified atom stereocenters. The van der Waals surface area contributed by atoms with E-state index in [9.17, 15) is 15.0 Å². The van der Waals surface area contributed by atoms with Crippen molar-refractivity contribution in [1.82, 2.24) is 14.9 Å². The molecule has 164 valence electrons. The number of hydrogen-bond donors (Lipinski definition) is 3. The van der Waals surface area contributed by atoms with E-state index in [4.69, 9.17) is 9.47 Å². The van der Waals surface area contributed by atoms with Crippen LogP contribution in [0.3, 0.4) is 0 Å². The second-order valence-corrected chi connectivity index (χ2v) is 7.79. The summed E-state index contributed by atoms with van der Waals surface area (Å²) in [5, 5.41) is 21.4. The molecule has 1 atom stereocenters. The number of carbonyl (C=O) groups excluding carboxylic acids is 1. The first-order chi connectivity index (χ1) is 14.4. The second-order valence-electron chi connectivity index (χ2n) is 7.79. The SMILES string of the molecule is CCc1c(C)[nH]c(C(=O)OC)c1OCC(O)CN1CCC(O)(c2ccccn2)CC1. The summed E-state index contributed by atoms with van der Waals surface area (Å²) in [6, 6.07) is 5.56. The number of aliphatic hydroxyl groups is 2. The van der Waals surface area contributed by atoms with Crippen LogP contribution in [0.2, 0.25) is 0 Å². The molecule has 3 heterocycles. The maximum Gasteiger partial charge on any atom is 0.358 e. The first-order valence-electron chi connectivity index (χ1n) is 10.3. The van der Waals surface area contributed by atoms with Crippen LogP contribution >= 0.6 is 0 Å². The number of pyridine rings is 1. The summed E-state index contributed by atoms with van der Waals surface area (Å²) in [6.07, 6.45) is 2.78. The van der Waals surface area contributed by atoms with E-state index >= 15 is 0 Å². The summed E-state index contributed by atoms with van der Waals surface area (Å²) in [7, 11) is 1.32. The summed E-state index contributed by atoms with van der Waals surface area (Å²) in [4.78, 5) is 21.4. The van der Waals surface area contributed by atoms with Gasteiger partial charge in [0.2, 0.25) is 0 Å². The van der Waals surface area contributed by atoms with E-state index in [1.165, 1.54) is 7.11 Å². The van der Waals surface area contributed by atoms with Crippen LogP contribution in [0.25, 0.3) is 0 Å². The minimum absolute atomic E-state index is 0.0648. The van der Waals surface area contributed by atoms with E-state index in [1.54, 1.807) is 6.20 Å². The molecule has 0 bridgehead atoms. The van der Waals surface area contributed by atoms with Crippen LogP contribution in [0.1, 0.15) is 47.2 Å². The minimum Gasteiger partial charge on any atom is -0.488 e. The largest absolute Gasteiger partial charge is 0.488 e. The average molecular weight is 418 g/mol. The number of aliphatic hydroxyl groups excluding tert-OH is 1. The highest BCUT2D eigenvalue weighted by molar-refractivity contribution is 5.91. The predicted molar refractivity (Wildman–Crippen MR) is 112 cm³/mol. The van der Waals surface area contributed by atoms with Crippen molar-refractivity contribution in [2.75, 3.05) is 33.4 Å². The number of likely N-dealkylation sites (tertiary alicyclic amines) is 1. The van der Waals surface area contributed by atoms with Crippen molar-refractivity contribution in [2.24, 2.45) is 0 Å². The van der Waals surface area contributed by atoms with E-state index < -0.39 is 17.7 Å². The summed E-state index contributed by atoms with van der Waals surface area (Å²) >= 11 is 0. The van der Waals surface area contributed by atoms with Crippen molar-refractivity contribution in [3.8, 4) is 5.75 Å². The topological polar surface area (TPSA) is 108 Å². The number of ether oxygens (including phenoxy) is 2. The number of hydrogen-bond acceptors (Lipinski definition) is 7. The second kappa shape index (κ2) is 9.59. The van der Waals surface area contributed by atoms with Gasteiger partial charge in [0, 0.05) is 37.1 Å². The molecule has 1 saturated heterocycles. The summed E-state index contributed by atoms with van der Waals surface area (Å²) in [5.41, 5.74) is 1.80. The van der Waals surface area contributed by atoms with E-state index in [0.717, 1.165) is 11.3 Å². The smallest absolute Gasteiger partial charge is 0.358 e. The monoisotopic (exact) mass is 417 g/mol. The lowest BCUT2D eigenvalue weighted by molar-refractivity contribution is -0.0401. The number of β-amino-alcohol motifs (C(OH)–C–C–N with tert-alkyl or cyclic N) is 1. The number of rotatable bonds is 8. The van der Waals surface area contributed by atoms with Gasteiger partial charge < -0.3 is 29.6 Å². The third kappa shape index (κ3) is 4.83. The van der Waals surface area contributed by atoms with Crippen LogP contribution in [0.5, 0.6) is 5.75 Å². The molecule has 1 aliphatic heterocycles. The van der Waals surface area contributed by atoms with Gasteiger partial charge in [0.25, 0.3) is 0 Å². The predicted octanol–water partition coefficient (Wildman–Crippen LogP) is 1.79. The van der Waals surface area contributed by atoms with Gasteiger partial charge >= 0.3 is 5.97 Å². The molecule has 0 radical (unpaired) electrons. The molecule has 0 amide bonds. The number of aromatic amines is 1. The van der Waals surface area contributed by atoms with Gasteiger partial charge in [-0.25, -0.2) is 4.79 Å². The van der Waals surface area contributed by atoms with Crippen LogP contribution in [0, 0.1) is 6.92 Å². The van der Waals surface area contributed by atoms with Crippen molar-refractivity contribution >= 4 is 5.97 Å². The van der Waals surface area contributed by atoms with Gasteiger partial charge in [0.05, 0.1) is 12.8 Å². The van der Waals surface area contributed by atoms with Crippen molar-refractivity contribution in [3.63, 3.8) is 0 Å². The molecule has 1 aliphatic rings. The molecule has 0 spiro atoms. The Balaban J connectivity index is 1.55. The molecule has 2 aromatic heterocycles. The van der Waals surface area contributed by atoms with Gasteiger partial charge in [-0.3, -0.25) is 4.98 Å². The van der Waals surface area contributed by atoms with Crippen LogP contribution in [-0.4, -0.2) is 70.5 Å². The van der Waals surface area contributed by atoms with Crippen molar-refractivity contribution in [2.45, 2.75) is 44.8 Å². The zero-order valence-electron chi connectivity index (χ0n) is 17.9. The molecule has 30 heavy (non-hydrogen) atoms. The lowest BCUT2D eigenvalue weighted by Crippen LogP contribution is -2.46. The fraction of sp³-hybridized carbons (Fsp3) is 0.545. The van der Waals surface area contributed by atoms with Crippen molar-refractivity contribution < 1.29 is 24.5 Å². The normalized spacial score (nSPS) is 17.5. The number of nitrogens with one attached hydrogen (secondary N) is 1. The van der Waals surface area contributed by atoms with E-state index in [0.29, 0.717) is 50.3 Å². The van der Waals surface area contributed by atoms with E-state index in [-0.39, 0.29) is 12.3 Å². The van der Waals surface area contributed by atoms with Gasteiger partial charge in [-0.05, 0) is 38.3 Å². The molecule has 0 aromatic carbocycles. The Kier molecular flexibility index (Phi) is 7.12. The number of aromatic nitrogens is 2. The van der Waals surface area contributed by atoms with Crippen molar-refractivity contribution in [1.29, 1.82) is 0 Å². The molecule has 8 heteroatoms. The average Bonchev–Trinajstić information content (AvgIpc) is 3.09. The fourth-order valence-corrected chi connectivity index (χ4v) is 4.00. The molecule has 3 N–H and O–H groups in total. The summed E-state index contributed by atoms with van der Waals surface area (Å²) < 4.78 is 10.7. The Hall–Kier alpha value is -2.42. The molecule has 0 aliphatic carbocycles. The van der Waals surface area contributed by atoms with E-state index in [1.807, 2.05) is 32.0 Å². The Morgan fingerprint density at radius 3 is 2.70 bits per heavy atom. The van der Waals surface area contributed by atoms with Gasteiger partial charge in [-0.2, -0.15) is 0 Å². The molecular weight excluding hydrogens is 386 g/mol. The number of carbonyl (C=O) groups is 1. The fourth-order valence-electron chi connectivity index (χ4n) is 4.00. The highest BCUT2D eigenvalue weighted by atomic mass is 16.5. The van der Waals surface area contributed by atoms with Crippen LogP contribution in [-0.2, 0) is 16.8 Å². The standard InChI is InChI=1S/C22H31N3O5/c1-4-17-15(2)24-19(21(27)29-3)20(17)30-14-16(26)13-25-11-8-22(28,9-12-25)18-7-5-6-10-23-18/h5-7,10,16,24,26,28H,4,8-9,11-14H2,1-3H3. The lowest BCUT2D eigenvalue weighted by Gasteiger charge is -2.38. The summed E-state index contributed by atoms with van der Waals surface area (Å²) in [6.45, 7) is 5.66.